The summed E-state index contributed by atoms with van der Waals surface area (Å²) in [5, 5.41) is 72.6. The molecule has 234 valence electrons. The molecule has 1 aromatic carbocycles. The van der Waals surface area contributed by atoms with Crippen molar-refractivity contribution in [1.82, 2.24) is 15.0 Å². The molecule has 0 saturated heterocycles. The van der Waals surface area contributed by atoms with Gasteiger partial charge in [0, 0.05) is 23.1 Å². The first-order valence-corrected chi connectivity index (χ1v) is 15.6. The zero-order valence-electron chi connectivity index (χ0n) is 21.9. The van der Waals surface area contributed by atoms with Gasteiger partial charge in [0.15, 0.2) is 11.0 Å². The normalized spacial score (nSPS) is 16.0. The molecule has 0 aliphatic rings. The minimum atomic E-state index is -5.04. The van der Waals surface area contributed by atoms with Gasteiger partial charge >= 0.3 is 0 Å². The largest absolute Gasteiger partial charge is 0.492 e. The minimum Gasteiger partial charge on any atom is -0.492 e. The molecule has 3 rings (SSSR count). The predicted molar refractivity (Wildman–Crippen MR) is 149 cm³/mol. The third-order valence-corrected chi connectivity index (χ3v) is 9.34. The fourth-order valence-electron chi connectivity index (χ4n) is 3.36. The quantitative estimate of drug-likeness (QED) is 0.0616. The number of carbonyl (C=O) groups excluding carboxylic acids is 2. The van der Waals surface area contributed by atoms with Gasteiger partial charge in [-0.05, 0) is 47.5 Å². The van der Waals surface area contributed by atoms with Crippen LogP contribution in [-0.2, 0) is 14.9 Å². The lowest BCUT2D eigenvalue weighted by atomic mass is 10.0. The SMILES string of the molecule is CC(SSc1ccccn1)c1ccc(C(=O)NC(=O)C(O)C(O)C(O)C(O)C(O)On2c(O)cc(S(=O)(=O)O)c2O)cc1. The lowest BCUT2D eigenvalue weighted by Crippen LogP contribution is -2.55. The van der Waals surface area contributed by atoms with E-state index in [0.29, 0.717) is 6.07 Å². The van der Waals surface area contributed by atoms with Crippen LogP contribution in [0.3, 0.4) is 0 Å². The lowest BCUT2D eigenvalue weighted by molar-refractivity contribution is -0.213. The molecule has 0 spiro atoms. The maximum absolute atomic E-state index is 12.5. The fourth-order valence-corrected chi connectivity index (χ4v) is 6.04. The molecule has 0 fully saturated rings. The van der Waals surface area contributed by atoms with Crippen LogP contribution in [0.25, 0.3) is 0 Å². The zero-order valence-corrected chi connectivity index (χ0v) is 24.3. The number of hydrogen-bond acceptors (Lipinski definition) is 15. The van der Waals surface area contributed by atoms with Gasteiger partial charge in [0.25, 0.3) is 34.1 Å². The number of imide groups is 1. The molecule has 0 radical (unpaired) electrons. The highest BCUT2D eigenvalue weighted by molar-refractivity contribution is 8.76. The second-order valence-corrected chi connectivity index (χ2v) is 12.8. The maximum Gasteiger partial charge on any atom is 0.300 e. The van der Waals surface area contributed by atoms with Gasteiger partial charge < -0.3 is 40.6 Å². The van der Waals surface area contributed by atoms with Crippen molar-refractivity contribution in [2.45, 2.75) is 52.8 Å². The summed E-state index contributed by atoms with van der Waals surface area (Å²) in [7, 11) is -2.04. The number of carbonyl (C=O) groups is 2. The van der Waals surface area contributed by atoms with Gasteiger partial charge in [-0.1, -0.05) is 29.0 Å². The molecule has 3 aromatic rings. The number of nitrogens with one attached hydrogen (secondary N) is 1. The van der Waals surface area contributed by atoms with Gasteiger partial charge in [0.1, 0.15) is 23.3 Å². The van der Waals surface area contributed by atoms with Crippen molar-refractivity contribution < 1.29 is 63.1 Å². The molecular weight excluding hydrogens is 634 g/mol. The molecule has 0 saturated carbocycles. The van der Waals surface area contributed by atoms with E-state index in [-0.39, 0.29) is 15.5 Å². The Morgan fingerprint density at radius 1 is 0.977 bits per heavy atom. The second kappa shape index (κ2) is 14.4. The van der Waals surface area contributed by atoms with Crippen molar-refractivity contribution in [3.05, 3.63) is 65.9 Å². The van der Waals surface area contributed by atoms with E-state index in [9.17, 15) is 53.8 Å². The summed E-state index contributed by atoms with van der Waals surface area (Å²) in [6.45, 7) is 1.94. The first kappa shape index (κ1) is 34.1. The number of pyridine rings is 1. The van der Waals surface area contributed by atoms with E-state index in [1.54, 1.807) is 24.4 Å². The number of hydrogen-bond donors (Lipinski definition) is 9. The van der Waals surface area contributed by atoms with E-state index >= 15 is 0 Å². The van der Waals surface area contributed by atoms with E-state index in [4.69, 9.17) is 4.55 Å². The Labute approximate surface area is 251 Å². The Kier molecular flexibility index (Phi) is 11.4. The Hall–Kier alpha value is -3.40. The molecule has 0 bridgehead atoms. The van der Waals surface area contributed by atoms with E-state index in [1.165, 1.54) is 33.7 Å². The van der Waals surface area contributed by atoms with E-state index in [1.807, 2.05) is 24.4 Å². The van der Waals surface area contributed by atoms with Crippen molar-refractivity contribution >= 4 is 43.5 Å². The first-order valence-electron chi connectivity index (χ1n) is 12.0. The number of benzene rings is 1. The highest BCUT2D eigenvalue weighted by Gasteiger charge is 2.39. The van der Waals surface area contributed by atoms with Crippen LogP contribution in [0, 0.1) is 0 Å². The summed E-state index contributed by atoms with van der Waals surface area (Å²) in [4.78, 5) is 32.4. The van der Waals surface area contributed by atoms with E-state index < -0.39 is 69.3 Å². The van der Waals surface area contributed by atoms with Crippen LogP contribution in [0.1, 0.15) is 28.1 Å². The summed E-state index contributed by atoms with van der Waals surface area (Å²) >= 11 is 0. The van der Waals surface area contributed by atoms with Crippen LogP contribution in [0.5, 0.6) is 11.8 Å². The first-order chi connectivity index (χ1) is 20.1. The van der Waals surface area contributed by atoms with Crippen molar-refractivity contribution in [1.29, 1.82) is 0 Å². The molecule has 43 heavy (non-hydrogen) atoms. The second-order valence-electron chi connectivity index (χ2n) is 8.80. The molecule has 19 heteroatoms. The van der Waals surface area contributed by atoms with Crippen LogP contribution in [-0.4, -0.2) is 101 Å². The van der Waals surface area contributed by atoms with Gasteiger partial charge in [0.2, 0.25) is 5.88 Å². The van der Waals surface area contributed by atoms with Crippen LogP contribution in [0.15, 0.2) is 64.6 Å². The average Bonchev–Trinajstić information content (AvgIpc) is 3.27. The number of aliphatic hydroxyl groups is 5. The Bertz CT molecular complexity index is 1520. The molecule has 0 aliphatic heterocycles. The zero-order chi connectivity index (χ0) is 32.1. The molecule has 2 aromatic heterocycles. The smallest absolute Gasteiger partial charge is 0.300 e. The van der Waals surface area contributed by atoms with Crippen molar-refractivity contribution in [3.8, 4) is 11.8 Å². The predicted octanol–water partition coefficient (Wildman–Crippen LogP) is -0.810. The third-order valence-electron chi connectivity index (χ3n) is 5.75. The van der Waals surface area contributed by atoms with Gasteiger partial charge in [0.05, 0.1) is 0 Å². The number of aliphatic hydroxyl groups excluding tert-OH is 5. The molecule has 2 heterocycles. The highest BCUT2D eigenvalue weighted by Crippen LogP contribution is 2.41. The van der Waals surface area contributed by atoms with Crippen LogP contribution in [0.2, 0.25) is 0 Å². The fraction of sp³-hybridized carbons (Fsp3) is 0.292. The Balaban J connectivity index is 1.56. The van der Waals surface area contributed by atoms with Crippen molar-refractivity contribution in [2.75, 3.05) is 0 Å². The molecule has 9 N–H and O–H groups in total. The number of aromatic hydroxyl groups is 2. The number of aromatic nitrogens is 2. The standard InChI is InChI=1S/C24H27N3O13S3/c1-11(41-42-15-4-2-3-9-25-15)12-5-7-13(8-6-12)21(33)26-22(34)19(31)17(29)18(30)20(32)24(36)40-27-16(28)10-14(23(27)35)43(37,38)39/h2-11,17-20,24,28-32,35-36H,1H3,(H,26,33,34)(H,37,38,39). The summed E-state index contributed by atoms with van der Waals surface area (Å²) in [5.41, 5.74) is 0.883. The maximum atomic E-state index is 12.5. The lowest BCUT2D eigenvalue weighted by Gasteiger charge is -2.28. The summed E-state index contributed by atoms with van der Waals surface area (Å²) < 4.78 is 31.2. The monoisotopic (exact) mass is 661 g/mol. The summed E-state index contributed by atoms with van der Waals surface area (Å²) in [5.74, 6) is -5.03. The molecular formula is C24H27N3O13S3. The van der Waals surface area contributed by atoms with Gasteiger partial charge in [-0.15, -0.1) is 4.73 Å². The molecule has 16 nitrogen and oxygen atoms in total. The third kappa shape index (κ3) is 8.59. The van der Waals surface area contributed by atoms with Crippen molar-refractivity contribution in [3.63, 3.8) is 0 Å². The van der Waals surface area contributed by atoms with Gasteiger partial charge in [-0.2, -0.15) is 8.42 Å². The van der Waals surface area contributed by atoms with Crippen LogP contribution >= 0.6 is 21.6 Å². The van der Waals surface area contributed by atoms with Crippen LogP contribution in [0.4, 0.5) is 0 Å². The number of rotatable bonds is 13. The van der Waals surface area contributed by atoms with E-state index in [0.717, 1.165) is 10.6 Å². The van der Waals surface area contributed by atoms with Gasteiger partial charge in [-0.3, -0.25) is 19.5 Å². The van der Waals surface area contributed by atoms with E-state index in [2.05, 4.69) is 9.82 Å². The van der Waals surface area contributed by atoms with Crippen LogP contribution < -0.4 is 10.2 Å². The molecule has 0 aliphatic carbocycles. The topological polar surface area (TPSA) is 269 Å². The molecule has 6 unspecified atom stereocenters. The number of amides is 2. The minimum absolute atomic E-state index is 0.00479. The van der Waals surface area contributed by atoms with Crippen molar-refractivity contribution in [2.24, 2.45) is 0 Å². The van der Waals surface area contributed by atoms with Gasteiger partial charge in [-0.25, -0.2) is 4.98 Å². The summed E-state index contributed by atoms with van der Waals surface area (Å²) in [6, 6.07) is 12.0. The molecule has 6 atom stereocenters. The Morgan fingerprint density at radius 2 is 1.63 bits per heavy atom. The Morgan fingerprint density at radius 3 is 2.19 bits per heavy atom. The highest BCUT2D eigenvalue weighted by atomic mass is 33.1. The number of nitrogens with zero attached hydrogens (tertiary/aromatic N) is 2. The average molecular weight is 662 g/mol. The summed E-state index contributed by atoms with van der Waals surface area (Å²) in [6.07, 6.45) is -11.1. The molecule has 2 amide bonds.